The number of methoxy groups -OCH3 is 1. The van der Waals surface area contributed by atoms with E-state index in [1.807, 2.05) is 6.07 Å². The second kappa shape index (κ2) is 7.54. The summed E-state index contributed by atoms with van der Waals surface area (Å²) >= 11 is 6.10. The molecule has 2 N–H and O–H groups in total. The van der Waals surface area contributed by atoms with E-state index in [9.17, 15) is 4.79 Å². The lowest BCUT2D eigenvalue weighted by molar-refractivity contribution is -0.902. The van der Waals surface area contributed by atoms with E-state index < -0.39 is 0 Å². The van der Waals surface area contributed by atoms with Crippen molar-refractivity contribution in [1.29, 1.82) is 0 Å². The highest BCUT2D eigenvalue weighted by molar-refractivity contribution is 6.32. The summed E-state index contributed by atoms with van der Waals surface area (Å²) in [6.45, 7) is 2.83. The van der Waals surface area contributed by atoms with Gasteiger partial charge in [-0.2, -0.15) is 0 Å². The zero-order valence-electron chi connectivity index (χ0n) is 13.7. The number of likely N-dealkylation sites (tertiary alicyclic amines) is 1. The van der Waals surface area contributed by atoms with Crippen molar-refractivity contribution < 1.29 is 14.4 Å². The molecule has 1 unspecified atom stereocenters. The first kappa shape index (κ1) is 16.6. The van der Waals surface area contributed by atoms with Gasteiger partial charge in [0, 0.05) is 11.6 Å². The minimum absolute atomic E-state index is 0.0653. The molecular weight excluding hydrogens is 312 g/mol. The van der Waals surface area contributed by atoms with Crippen LogP contribution in [0.15, 0.2) is 18.2 Å². The number of quaternary nitrogens is 1. The molecule has 3 rings (SSSR count). The van der Waals surface area contributed by atoms with E-state index in [-0.39, 0.29) is 5.91 Å². The highest BCUT2D eigenvalue weighted by Crippen LogP contribution is 2.32. The van der Waals surface area contributed by atoms with E-state index in [4.69, 9.17) is 16.3 Å². The van der Waals surface area contributed by atoms with Crippen LogP contribution in [0.1, 0.15) is 32.1 Å². The fourth-order valence-corrected chi connectivity index (χ4v) is 4.39. The average Bonchev–Trinajstić information content (AvgIpc) is 2.55. The summed E-state index contributed by atoms with van der Waals surface area (Å²) in [6.07, 6.45) is 6.79. The molecule has 5 heteroatoms. The lowest BCUT2D eigenvalue weighted by Gasteiger charge is -2.38. The summed E-state index contributed by atoms with van der Waals surface area (Å²) in [5.74, 6) is 2.43. The molecule has 3 atom stereocenters. The second-order valence-corrected chi connectivity index (χ2v) is 7.28. The van der Waals surface area contributed by atoms with Crippen LogP contribution < -0.4 is 15.0 Å². The number of amides is 1. The first-order valence-corrected chi connectivity index (χ1v) is 9.00. The topological polar surface area (TPSA) is 42.8 Å². The number of ether oxygens (including phenoxy) is 1. The number of hydrogen-bond acceptors (Lipinski definition) is 2. The van der Waals surface area contributed by atoms with Gasteiger partial charge in [0.2, 0.25) is 0 Å². The molecule has 0 bridgehead atoms. The molecule has 1 aromatic rings. The first-order chi connectivity index (χ1) is 11.2. The molecule has 1 saturated carbocycles. The number of nitrogens with one attached hydrogen (secondary N) is 2. The molecule has 1 aliphatic carbocycles. The smallest absolute Gasteiger partial charge is 0.279 e. The number of carbonyl (C=O) groups is 1. The molecule has 1 aliphatic heterocycles. The van der Waals surface area contributed by atoms with Gasteiger partial charge < -0.3 is 15.0 Å². The van der Waals surface area contributed by atoms with Gasteiger partial charge in [-0.15, -0.1) is 0 Å². The van der Waals surface area contributed by atoms with Gasteiger partial charge in [0.05, 0.1) is 25.2 Å². The highest BCUT2D eigenvalue weighted by Gasteiger charge is 2.34. The van der Waals surface area contributed by atoms with Crippen LogP contribution in [0.2, 0.25) is 5.02 Å². The summed E-state index contributed by atoms with van der Waals surface area (Å²) in [7, 11) is 1.58. The third kappa shape index (κ3) is 4.18. The fraction of sp³-hybridized carbons (Fsp3) is 0.611. The number of carbonyl (C=O) groups excluding carboxylic acids is 1. The number of fused-ring (bicyclic) bond motifs is 1. The molecule has 1 aromatic carbocycles. The van der Waals surface area contributed by atoms with Crippen molar-refractivity contribution in [3.63, 3.8) is 0 Å². The van der Waals surface area contributed by atoms with E-state index in [2.05, 4.69) is 5.32 Å². The van der Waals surface area contributed by atoms with Crippen molar-refractivity contribution in [2.75, 3.05) is 32.1 Å². The standard InChI is InChI=1S/C18H25ClN2O2/c1-23-17-7-6-15(10-16(17)19)20-18(22)12-21-9-8-13-4-2-3-5-14(13)11-21/h6-7,10,13-14H,2-5,8-9,11-12H2,1H3,(H,20,22)/p+1/t13-,14+/m0/s1. The predicted octanol–water partition coefficient (Wildman–Crippen LogP) is 2.38. The average molecular weight is 338 g/mol. The van der Waals surface area contributed by atoms with E-state index in [1.54, 1.807) is 19.2 Å². The van der Waals surface area contributed by atoms with Gasteiger partial charge in [0.25, 0.3) is 5.91 Å². The number of halogens is 1. The van der Waals surface area contributed by atoms with E-state index in [0.29, 0.717) is 17.3 Å². The van der Waals surface area contributed by atoms with Crippen LogP contribution in [0.3, 0.4) is 0 Å². The maximum absolute atomic E-state index is 12.3. The van der Waals surface area contributed by atoms with E-state index in [1.165, 1.54) is 37.0 Å². The van der Waals surface area contributed by atoms with E-state index >= 15 is 0 Å². The minimum atomic E-state index is 0.0653. The van der Waals surface area contributed by atoms with Crippen LogP contribution >= 0.6 is 11.6 Å². The van der Waals surface area contributed by atoms with Gasteiger partial charge in [-0.05, 0) is 43.4 Å². The Balaban J connectivity index is 1.52. The molecule has 0 radical (unpaired) electrons. The van der Waals surface area contributed by atoms with Crippen molar-refractivity contribution in [2.45, 2.75) is 32.1 Å². The number of piperidine rings is 1. The molecule has 1 amide bonds. The lowest BCUT2D eigenvalue weighted by atomic mass is 9.75. The molecule has 23 heavy (non-hydrogen) atoms. The Bertz CT molecular complexity index is 564. The Kier molecular flexibility index (Phi) is 5.44. The van der Waals surface area contributed by atoms with Crippen molar-refractivity contribution in [3.05, 3.63) is 23.2 Å². The number of hydrogen-bond donors (Lipinski definition) is 2. The van der Waals surface area contributed by atoms with Gasteiger partial charge in [-0.1, -0.05) is 24.4 Å². The van der Waals surface area contributed by atoms with Crippen LogP contribution in [0.5, 0.6) is 5.75 Å². The van der Waals surface area contributed by atoms with Crippen LogP contribution in [0, 0.1) is 11.8 Å². The van der Waals surface area contributed by atoms with Crippen molar-refractivity contribution >= 4 is 23.2 Å². The molecule has 4 nitrogen and oxygen atoms in total. The highest BCUT2D eigenvalue weighted by atomic mass is 35.5. The van der Waals surface area contributed by atoms with Crippen molar-refractivity contribution in [3.8, 4) is 5.75 Å². The maximum atomic E-state index is 12.3. The molecule has 2 fully saturated rings. The molecule has 0 spiro atoms. The third-order valence-corrected chi connectivity index (χ3v) is 5.63. The fourth-order valence-electron chi connectivity index (χ4n) is 4.13. The Morgan fingerprint density at radius 1 is 1.30 bits per heavy atom. The SMILES string of the molecule is COc1ccc(NC(=O)C[NH+]2CC[C@@H]3CCCC[C@@H]3C2)cc1Cl. The lowest BCUT2D eigenvalue weighted by Crippen LogP contribution is -3.15. The van der Waals surface area contributed by atoms with Gasteiger partial charge in [0.15, 0.2) is 6.54 Å². The van der Waals surface area contributed by atoms with Crippen LogP contribution in [-0.2, 0) is 4.79 Å². The summed E-state index contributed by atoms with van der Waals surface area (Å²) < 4.78 is 5.13. The molecule has 2 aliphatic rings. The second-order valence-electron chi connectivity index (χ2n) is 6.87. The van der Waals surface area contributed by atoms with Gasteiger partial charge in [-0.3, -0.25) is 4.79 Å². The Morgan fingerprint density at radius 2 is 2.09 bits per heavy atom. The molecule has 1 saturated heterocycles. The van der Waals surface area contributed by atoms with Crippen LogP contribution in [-0.4, -0.2) is 32.7 Å². The Hall–Kier alpha value is -1.26. The van der Waals surface area contributed by atoms with Crippen molar-refractivity contribution in [1.82, 2.24) is 0 Å². The zero-order chi connectivity index (χ0) is 16.2. The van der Waals surface area contributed by atoms with Crippen LogP contribution in [0.25, 0.3) is 0 Å². The third-order valence-electron chi connectivity index (χ3n) is 5.33. The normalized spacial score (nSPS) is 27.1. The quantitative estimate of drug-likeness (QED) is 0.886. The monoisotopic (exact) mass is 337 g/mol. The van der Waals surface area contributed by atoms with Gasteiger partial charge in [-0.25, -0.2) is 0 Å². The zero-order valence-corrected chi connectivity index (χ0v) is 14.5. The number of benzene rings is 1. The summed E-state index contributed by atoms with van der Waals surface area (Å²) in [6, 6.07) is 5.34. The van der Waals surface area contributed by atoms with Gasteiger partial charge >= 0.3 is 0 Å². The largest absolute Gasteiger partial charge is 0.495 e. The molecule has 126 valence electrons. The first-order valence-electron chi connectivity index (χ1n) is 8.62. The minimum Gasteiger partial charge on any atom is -0.495 e. The van der Waals surface area contributed by atoms with Crippen molar-refractivity contribution in [2.24, 2.45) is 11.8 Å². The Morgan fingerprint density at radius 3 is 2.83 bits per heavy atom. The molecular formula is C18H26ClN2O2+. The maximum Gasteiger partial charge on any atom is 0.279 e. The Labute approximate surface area is 143 Å². The van der Waals surface area contributed by atoms with Gasteiger partial charge in [0.1, 0.15) is 5.75 Å². The summed E-state index contributed by atoms with van der Waals surface area (Å²) in [4.78, 5) is 13.7. The predicted molar refractivity (Wildman–Crippen MR) is 92.3 cm³/mol. The number of rotatable bonds is 4. The molecule has 1 heterocycles. The summed E-state index contributed by atoms with van der Waals surface area (Å²) in [5.41, 5.74) is 0.729. The number of anilines is 1. The molecule has 0 aromatic heterocycles. The van der Waals surface area contributed by atoms with Crippen LogP contribution in [0.4, 0.5) is 5.69 Å². The van der Waals surface area contributed by atoms with E-state index in [0.717, 1.165) is 30.6 Å². The summed E-state index contributed by atoms with van der Waals surface area (Å²) in [5, 5.41) is 3.47.